The Morgan fingerprint density at radius 1 is 1.17 bits per heavy atom. The van der Waals surface area contributed by atoms with E-state index in [1.165, 1.54) is 12.5 Å². The van der Waals surface area contributed by atoms with Crippen molar-refractivity contribution >= 4 is 17.6 Å². The highest BCUT2D eigenvalue weighted by Crippen LogP contribution is 2.30. The molecule has 2 amide bonds. The summed E-state index contributed by atoms with van der Waals surface area (Å²) in [6.45, 7) is 0. The normalized spacial score (nSPS) is 11.3. The molecule has 2 heterocycles. The van der Waals surface area contributed by atoms with Crippen LogP contribution in [0.25, 0.3) is 11.5 Å². The number of nitrogens with zero attached hydrogens (tertiary/aromatic N) is 2. The van der Waals surface area contributed by atoms with Gasteiger partial charge in [-0.2, -0.15) is 13.2 Å². The standard InChI is InChI=1S/C14H9F3N4O3/c15-14(16,17)10-7-11(24-21-10)20-13(22)19-9-4-2-1-3-8(9)12-18-5-6-23-12/h1-7H,(H2,19,20,22). The molecule has 0 bridgehead atoms. The molecule has 0 aliphatic rings. The molecule has 0 unspecified atom stereocenters. The first kappa shape index (κ1) is 15.6. The quantitative estimate of drug-likeness (QED) is 0.753. The first-order valence-electron chi connectivity index (χ1n) is 6.54. The van der Waals surface area contributed by atoms with Gasteiger partial charge in [-0.15, -0.1) is 0 Å². The predicted molar refractivity (Wildman–Crippen MR) is 76.1 cm³/mol. The average molecular weight is 338 g/mol. The molecule has 10 heteroatoms. The van der Waals surface area contributed by atoms with Crippen molar-refractivity contribution in [2.24, 2.45) is 0 Å². The number of carbonyl (C=O) groups excluding carboxylic acids is 1. The van der Waals surface area contributed by atoms with E-state index < -0.39 is 23.8 Å². The number of benzene rings is 1. The van der Waals surface area contributed by atoms with Gasteiger partial charge >= 0.3 is 12.2 Å². The van der Waals surface area contributed by atoms with Gasteiger partial charge in [0.25, 0.3) is 0 Å². The van der Waals surface area contributed by atoms with Gasteiger partial charge in [-0.05, 0) is 12.1 Å². The van der Waals surface area contributed by atoms with Crippen LogP contribution in [0.1, 0.15) is 5.69 Å². The van der Waals surface area contributed by atoms with Crippen LogP contribution < -0.4 is 10.6 Å². The molecule has 24 heavy (non-hydrogen) atoms. The van der Waals surface area contributed by atoms with Gasteiger partial charge in [-0.1, -0.05) is 17.3 Å². The number of rotatable bonds is 3. The highest BCUT2D eigenvalue weighted by molar-refractivity contribution is 6.01. The van der Waals surface area contributed by atoms with Crippen LogP contribution in [0.3, 0.4) is 0 Å². The molecule has 0 atom stereocenters. The smallest absolute Gasteiger partial charge is 0.436 e. The molecule has 124 valence electrons. The third kappa shape index (κ3) is 3.37. The Morgan fingerprint density at radius 2 is 1.96 bits per heavy atom. The van der Waals surface area contributed by atoms with E-state index in [0.717, 1.165) is 0 Å². The molecular weight excluding hydrogens is 329 g/mol. The Bertz CT molecular complexity index is 843. The van der Waals surface area contributed by atoms with Crippen molar-refractivity contribution in [2.45, 2.75) is 6.18 Å². The first-order valence-corrected chi connectivity index (χ1v) is 6.54. The number of aromatic nitrogens is 2. The van der Waals surface area contributed by atoms with E-state index in [1.54, 1.807) is 24.3 Å². The number of alkyl halides is 3. The van der Waals surface area contributed by atoms with Crippen LogP contribution >= 0.6 is 0 Å². The molecule has 1 aromatic carbocycles. The van der Waals surface area contributed by atoms with Gasteiger partial charge < -0.3 is 14.3 Å². The number of halogens is 3. The van der Waals surface area contributed by atoms with Gasteiger partial charge in [-0.3, -0.25) is 5.32 Å². The first-order chi connectivity index (χ1) is 11.4. The van der Waals surface area contributed by atoms with Crippen molar-refractivity contribution in [3.63, 3.8) is 0 Å². The van der Waals surface area contributed by atoms with Crippen LogP contribution in [0.2, 0.25) is 0 Å². The van der Waals surface area contributed by atoms with Crippen LogP contribution in [0.15, 0.2) is 51.7 Å². The molecule has 0 fully saturated rings. The number of amides is 2. The maximum atomic E-state index is 12.4. The van der Waals surface area contributed by atoms with Crippen molar-refractivity contribution in [3.8, 4) is 11.5 Å². The van der Waals surface area contributed by atoms with E-state index in [2.05, 4.69) is 25.3 Å². The second-order valence-electron chi connectivity index (χ2n) is 4.54. The molecule has 0 saturated heterocycles. The second kappa shape index (κ2) is 6.07. The summed E-state index contributed by atoms with van der Waals surface area (Å²) in [5.41, 5.74) is -0.378. The van der Waals surface area contributed by atoms with E-state index in [4.69, 9.17) is 4.42 Å². The van der Waals surface area contributed by atoms with Crippen molar-refractivity contribution in [1.82, 2.24) is 10.1 Å². The van der Waals surface area contributed by atoms with Gasteiger partial charge in [0, 0.05) is 6.07 Å². The Balaban J connectivity index is 1.73. The highest BCUT2D eigenvalue weighted by Gasteiger charge is 2.35. The second-order valence-corrected chi connectivity index (χ2v) is 4.54. The molecule has 7 nitrogen and oxygen atoms in total. The number of para-hydroxylation sites is 1. The summed E-state index contributed by atoms with van der Waals surface area (Å²) in [4.78, 5) is 15.9. The van der Waals surface area contributed by atoms with Gasteiger partial charge in [0.05, 0.1) is 17.4 Å². The van der Waals surface area contributed by atoms with Gasteiger partial charge in [0.1, 0.15) is 6.26 Å². The summed E-state index contributed by atoms with van der Waals surface area (Å²) in [7, 11) is 0. The van der Waals surface area contributed by atoms with E-state index in [9.17, 15) is 18.0 Å². The number of hydrogen-bond donors (Lipinski definition) is 2. The van der Waals surface area contributed by atoms with Crippen molar-refractivity contribution in [1.29, 1.82) is 0 Å². The zero-order valence-corrected chi connectivity index (χ0v) is 11.8. The minimum Gasteiger partial charge on any atom is -0.444 e. The summed E-state index contributed by atoms with van der Waals surface area (Å²) >= 11 is 0. The Kier molecular flexibility index (Phi) is 3.94. The van der Waals surface area contributed by atoms with Crippen LogP contribution in [0.5, 0.6) is 0 Å². The van der Waals surface area contributed by atoms with Crippen molar-refractivity contribution in [3.05, 3.63) is 48.5 Å². The lowest BCUT2D eigenvalue weighted by molar-refractivity contribution is -0.142. The number of carbonyl (C=O) groups is 1. The predicted octanol–water partition coefficient (Wildman–Crippen LogP) is 3.99. The summed E-state index contributed by atoms with van der Waals surface area (Å²) in [6.07, 6.45) is -1.84. The third-order valence-electron chi connectivity index (χ3n) is 2.88. The lowest BCUT2D eigenvalue weighted by atomic mass is 10.2. The molecule has 3 aromatic rings. The summed E-state index contributed by atoms with van der Waals surface area (Å²) in [5.74, 6) is -0.154. The van der Waals surface area contributed by atoms with Crippen LogP contribution in [0.4, 0.5) is 29.5 Å². The fourth-order valence-corrected chi connectivity index (χ4v) is 1.87. The summed E-state index contributed by atoms with van der Waals surface area (Å²) < 4.78 is 46.9. The Hall–Kier alpha value is -3.30. The topological polar surface area (TPSA) is 93.2 Å². The number of oxazole rings is 1. The third-order valence-corrected chi connectivity index (χ3v) is 2.88. The van der Waals surface area contributed by atoms with Crippen LogP contribution in [0, 0.1) is 0 Å². The SMILES string of the molecule is O=C(Nc1cc(C(F)(F)F)no1)Nc1ccccc1-c1ncco1. The maximum Gasteiger partial charge on any atom is 0.436 e. The number of urea groups is 1. The highest BCUT2D eigenvalue weighted by atomic mass is 19.4. The van der Waals surface area contributed by atoms with E-state index in [1.807, 2.05) is 0 Å². The maximum absolute atomic E-state index is 12.4. The minimum atomic E-state index is -4.66. The lowest BCUT2D eigenvalue weighted by Crippen LogP contribution is -2.19. The van der Waals surface area contributed by atoms with Crippen molar-refractivity contribution < 1.29 is 26.9 Å². The fraction of sp³-hybridized carbons (Fsp3) is 0.0714. The summed E-state index contributed by atoms with van der Waals surface area (Å²) in [5, 5.41) is 7.44. The largest absolute Gasteiger partial charge is 0.444 e. The molecule has 2 N–H and O–H groups in total. The van der Waals surface area contributed by atoms with Crippen LogP contribution in [-0.2, 0) is 6.18 Å². The van der Waals surface area contributed by atoms with E-state index >= 15 is 0 Å². The fourth-order valence-electron chi connectivity index (χ4n) is 1.87. The minimum absolute atomic E-state index is 0.282. The zero-order valence-electron chi connectivity index (χ0n) is 11.8. The molecule has 0 saturated carbocycles. The van der Waals surface area contributed by atoms with Crippen LogP contribution in [-0.4, -0.2) is 16.2 Å². The van der Waals surface area contributed by atoms with Gasteiger partial charge in [0.2, 0.25) is 11.8 Å². The molecule has 0 radical (unpaired) electrons. The van der Waals surface area contributed by atoms with E-state index in [-0.39, 0.29) is 5.89 Å². The lowest BCUT2D eigenvalue weighted by Gasteiger charge is -2.08. The Labute approximate surface area is 132 Å². The number of hydrogen-bond acceptors (Lipinski definition) is 5. The molecule has 3 rings (SSSR count). The molecule has 0 spiro atoms. The molecular formula is C14H9F3N4O3. The number of nitrogens with one attached hydrogen (secondary N) is 2. The average Bonchev–Trinajstić information content (AvgIpc) is 3.18. The van der Waals surface area contributed by atoms with Crippen molar-refractivity contribution in [2.75, 3.05) is 10.6 Å². The molecule has 2 aromatic heterocycles. The molecule has 0 aliphatic carbocycles. The zero-order chi connectivity index (χ0) is 17.2. The molecule has 0 aliphatic heterocycles. The van der Waals surface area contributed by atoms with Gasteiger partial charge in [-0.25, -0.2) is 9.78 Å². The monoisotopic (exact) mass is 338 g/mol. The van der Waals surface area contributed by atoms with E-state index in [0.29, 0.717) is 17.3 Å². The Morgan fingerprint density at radius 3 is 2.62 bits per heavy atom. The van der Waals surface area contributed by atoms with Gasteiger partial charge in [0.15, 0.2) is 5.69 Å². The number of anilines is 2. The summed E-state index contributed by atoms with van der Waals surface area (Å²) in [6, 6.07) is 6.41.